The third kappa shape index (κ3) is 4.44. The number of hydrogen-bond donors (Lipinski definition) is 1. The maximum Gasteiger partial charge on any atom is 0.343 e. The normalized spacial score (nSPS) is 12.0. The number of rotatable bonds is 5. The van der Waals surface area contributed by atoms with E-state index in [1.807, 2.05) is 0 Å². The fourth-order valence-corrected chi connectivity index (χ4v) is 2.68. The van der Waals surface area contributed by atoms with E-state index in [2.05, 4.69) is 10.5 Å². The van der Waals surface area contributed by atoms with Crippen molar-refractivity contribution in [1.82, 2.24) is 5.43 Å². The fourth-order valence-electron chi connectivity index (χ4n) is 2.68. The number of ether oxygens (including phenoxy) is 3. The van der Waals surface area contributed by atoms with Gasteiger partial charge in [0.15, 0.2) is 11.5 Å². The van der Waals surface area contributed by atoms with Crippen LogP contribution in [-0.4, -0.2) is 24.9 Å². The van der Waals surface area contributed by atoms with E-state index < -0.39 is 17.7 Å². The number of carbonyl (C=O) groups excluding carboxylic acids is 2. The molecule has 8 heteroatoms. The topological polar surface area (TPSA) is 86.2 Å². The Hall–Kier alpha value is -4.20. The monoisotopic (exact) mass is 406 g/mol. The summed E-state index contributed by atoms with van der Waals surface area (Å²) in [6.45, 7) is 0.118. The number of benzene rings is 3. The second-order valence-electron chi connectivity index (χ2n) is 6.24. The van der Waals surface area contributed by atoms with Gasteiger partial charge < -0.3 is 14.2 Å². The van der Waals surface area contributed by atoms with Gasteiger partial charge in [0.25, 0.3) is 5.91 Å². The Bertz CT molecular complexity index is 1130. The van der Waals surface area contributed by atoms with Crippen LogP contribution in [0.5, 0.6) is 17.2 Å². The minimum absolute atomic E-state index is 0.118. The molecule has 1 aliphatic rings. The number of carbonyl (C=O) groups is 2. The predicted molar refractivity (Wildman–Crippen MR) is 105 cm³/mol. The Morgan fingerprint density at radius 2 is 1.73 bits per heavy atom. The lowest BCUT2D eigenvalue weighted by molar-refractivity contribution is 0.0734. The smallest absolute Gasteiger partial charge is 0.343 e. The highest BCUT2D eigenvalue weighted by Crippen LogP contribution is 2.32. The molecule has 0 radical (unpaired) electrons. The van der Waals surface area contributed by atoms with Gasteiger partial charge >= 0.3 is 5.97 Å². The summed E-state index contributed by atoms with van der Waals surface area (Å²) < 4.78 is 28.8. The van der Waals surface area contributed by atoms with E-state index in [0.717, 1.165) is 0 Å². The molecule has 0 atom stereocenters. The first-order valence-electron chi connectivity index (χ1n) is 8.89. The van der Waals surface area contributed by atoms with Gasteiger partial charge in [-0.2, -0.15) is 5.10 Å². The van der Waals surface area contributed by atoms with E-state index in [4.69, 9.17) is 14.2 Å². The summed E-state index contributed by atoms with van der Waals surface area (Å²) in [5, 5.41) is 3.87. The van der Waals surface area contributed by atoms with E-state index in [9.17, 15) is 14.0 Å². The number of nitrogens with one attached hydrogen (secondary N) is 1. The molecular formula is C22H15FN2O5. The van der Waals surface area contributed by atoms with Gasteiger partial charge in [0.1, 0.15) is 11.6 Å². The van der Waals surface area contributed by atoms with Gasteiger partial charge in [-0.3, -0.25) is 4.79 Å². The Balaban J connectivity index is 1.38. The Morgan fingerprint density at radius 1 is 0.967 bits per heavy atom. The zero-order valence-electron chi connectivity index (χ0n) is 15.5. The molecule has 0 saturated heterocycles. The van der Waals surface area contributed by atoms with Gasteiger partial charge in [0.05, 0.1) is 11.8 Å². The van der Waals surface area contributed by atoms with Crippen molar-refractivity contribution in [1.29, 1.82) is 0 Å². The quantitative estimate of drug-likeness (QED) is 0.303. The van der Waals surface area contributed by atoms with Crippen molar-refractivity contribution in [3.05, 3.63) is 89.2 Å². The van der Waals surface area contributed by atoms with Crippen LogP contribution >= 0.6 is 0 Å². The van der Waals surface area contributed by atoms with Crippen molar-refractivity contribution in [2.75, 3.05) is 6.79 Å². The van der Waals surface area contributed by atoms with Crippen molar-refractivity contribution >= 4 is 18.1 Å². The molecule has 1 heterocycles. The third-order valence-electron chi connectivity index (χ3n) is 4.16. The molecule has 7 nitrogen and oxygen atoms in total. The third-order valence-corrected chi connectivity index (χ3v) is 4.16. The van der Waals surface area contributed by atoms with E-state index in [0.29, 0.717) is 28.4 Å². The van der Waals surface area contributed by atoms with Crippen molar-refractivity contribution in [2.45, 2.75) is 0 Å². The molecule has 30 heavy (non-hydrogen) atoms. The van der Waals surface area contributed by atoms with Gasteiger partial charge in [0.2, 0.25) is 6.79 Å². The second-order valence-corrected chi connectivity index (χ2v) is 6.24. The van der Waals surface area contributed by atoms with Crippen LogP contribution in [0.25, 0.3) is 0 Å². The lowest BCUT2D eigenvalue weighted by Gasteiger charge is -2.06. The van der Waals surface area contributed by atoms with E-state index in [-0.39, 0.29) is 12.4 Å². The first-order chi connectivity index (χ1) is 14.6. The summed E-state index contributed by atoms with van der Waals surface area (Å²) in [5.74, 6) is -0.0769. The largest absolute Gasteiger partial charge is 0.454 e. The maximum absolute atomic E-state index is 12.9. The molecular weight excluding hydrogens is 391 g/mol. The molecule has 0 bridgehead atoms. The zero-order chi connectivity index (χ0) is 20.9. The highest BCUT2D eigenvalue weighted by Gasteiger charge is 2.17. The molecule has 0 spiro atoms. The number of esters is 1. The molecule has 150 valence electrons. The first-order valence-corrected chi connectivity index (χ1v) is 8.89. The van der Waals surface area contributed by atoms with Crippen molar-refractivity contribution in [3.8, 4) is 17.2 Å². The summed E-state index contributed by atoms with van der Waals surface area (Å²) >= 11 is 0. The number of fused-ring (bicyclic) bond motifs is 1. The number of hydrogen-bond acceptors (Lipinski definition) is 6. The lowest BCUT2D eigenvalue weighted by atomic mass is 10.2. The highest BCUT2D eigenvalue weighted by atomic mass is 19.1. The van der Waals surface area contributed by atoms with Crippen molar-refractivity contribution in [3.63, 3.8) is 0 Å². The lowest BCUT2D eigenvalue weighted by Crippen LogP contribution is -2.17. The summed E-state index contributed by atoms with van der Waals surface area (Å²) in [5.41, 5.74) is 3.56. The standard InChI is InChI=1S/C22H15FN2O5/c23-17-7-4-15(5-8-17)21(26)25-24-12-14-2-1-3-18(10-14)30-22(27)16-6-9-19-20(11-16)29-13-28-19/h1-12H,13H2,(H,25,26)/b24-12-. The number of amides is 1. The van der Waals surface area contributed by atoms with Gasteiger partial charge in [-0.1, -0.05) is 12.1 Å². The summed E-state index contributed by atoms with van der Waals surface area (Å²) in [7, 11) is 0. The van der Waals surface area contributed by atoms with Crippen LogP contribution in [0.15, 0.2) is 71.8 Å². The molecule has 1 aliphatic heterocycles. The maximum atomic E-state index is 12.9. The van der Waals surface area contributed by atoms with Gasteiger partial charge in [-0.15, -0.1) is 0 Å². The average molecular weight is 406 g/mol. The molecule has 0 fully saturated rings. The van der Waals surface area contributed by atoms with Gasteiger partial charge in [-0.05, 0) is 60.2 Å². The van der Waals surface area contributed by atoms with Crippen molar-refractivity contribution < 1.29 is 28.2 Å². The molecule has 0 unspecified atom stereocenters. The molecule has 3 aromatic rings. The SMILES string of the molecule is O=C(N/N=C\c1cccc(OC(=O)c2ccc3c(c2)OCO3)c1)c1ccc(F)cc1. The fraction of sp³-hybridized carbons (Fsp3) is 0.0455. The molecule has 0 aromatic heterocycles. The summed E-state index contributed by atoms with van der Waals surface area (Å²) in [4.78, 5) is 24.3. The van der Waals surface area contributed by atoms with Crippen LogP contribution in [0.3, 0.4) is 0 Å². The average Bonchev–Trinajstić information content (AvgIpc) is 3.22. The Kier molecular flexibility index (Phi) is 5.38. The van der Waals surface area contributed by atoms with Crippen LogP contribution in [-0.2, 0) is 0 Å². The molecule has 1 amide bonds. The molecule has 0 saturated carbocycles. The number of hydrazone groups is 1. The van der Waals surface area contributed by atoms with E-state index in [1.165, 1.54) is 30.5 Å². The van der Waals surface area contributed by atoms with Gasteiger partial charge in [0, 0.05) is 5.56 Å². The molecule has 4 rings (SSSR count). The molecule has 1 N–H and O–H groups in total. The number of nitrogens with zero attached hydrogens (tertiary/aromatic N) is 1. The predicted octanol–water partition coefficient (Wildman–Crippen LogP) is 3.54. The Labute approximate surface area is 170 Å². The van der Waals surface area contributed by atoms with Crippen LogP contribution in [0.4, 0.5) is 4.39 Å². The summed E-state index contributed by atoms with van der Waals surface area (Å²) in [6, 6.07) is 16.5. The van der Waals surface area contributed by atoms with Gasteiger partial charge in [-0.25, -0.2) is 14.6 Å². The first kappa shape index (κ1) is 19.1. The number of halogens is 1. The van der Waals surface area contributed by atoms with Crippen LogP contribution in [0.1, 0.15) is 26.3 Å². The Morgan fingerprint density at radius 3 is 2.57 bits per heavy atom. The minimum atomic E-state index is -0.549. The van der Waals surface area contributed by atoms with Crippen LogP contribution < -0.4 is 19.6 Å². The minimum Gasteiger partial charge on any atom is -0.454 e. The second kappa shape index (κ2) is 8.44. The molecule has 0 aliphatic carbocycles. The van der Waals surface area contributed by atoms with E-state index >= 15 is 0 Å². The zero-order valence-corrected chi connectivity index (χ0v) is 15.5. The van der Waals surface area contributed by atoms with E-state index in [1.54, 1.807) is 42.5 Å². The summed E-state index contributed by atoms with van der Waals surface area (Å²) in [6.07, 6.45) is 1.40. The highest BCUT2D eigenvalue weighted by molar-refractivity contribution is 5.95. The van der Waals surface area contributed by atoms with Crippen LogP contribution in [0.2, 0.25) is 0 Å². The molecule has 3 aromatic carbocycles. The van der Waals surface area contributed by atoms with Crippen molar-refractivity contribution in [2.24, 2.45) is 5.10 Å². The van der Waals surface area contributed by atoms with Crippen LogP contribution in [0, 0.1) is 5.82 Å².